The molecule has 0 saturated carbocycles. The molecule has 94 valence electrons. The van der Waals surface area contributed by atoms with Crippen molar-refractivity contribution >= 4 is 17.3 Å². The molecule has 0 unspecified atom stereocenters. The Bertz CT molecular complexity index is 582. The van der Waals surface area contributed by atoms with Gasteiger partial charge in [0.25, 0.3) is 0 Å². The highest BCUT2D eigenvalue weighted by Gasteiger charge is 2.13. The number of carbonyl (C=O) groups excluding carboxylic acids is 1. The van der Waals surface area contributed by atoms with Crippen LogP contribution in [0.15, 0.2) is 23.6 Å². The smallest absolute Gasteiger partial charge is 0.357 e. The van der Waals surface area contributed by atoms with E-state index in [1.165, 1.54) is 37.7 Å². The molecule has 2 rings (SSSR count). The van der Waals surface area contributed by atoms with Crippen LogP contribution in [0.5, 0.6) is 5.75 Å². The summed E-state index contributed by atoms with van der Waals surface area (Å²) in [6.07, 6.45) is 0. The molecule has 0 atom stereocenters. The lowest BCUT2D eigenvalue weighted by molar-refractivity contribution is 0.0595. The van der Waals surface area contributed by atoms with Gasteiger partial charge in [0, 0.05) is 10.9 Å². The van der Waals surface area contributed by atoms with E-state index in [0.717, 1.165) is 0 Å². The van der Waals surface area contributed by atoms with E-state index in [9.17, 15) is 9.18 Å². The molecule has 0 spiro atoms. The van der Waals surface area contributed by atoms with Crippen molar-refractivity contribution in [2.45, 2.75) is 0 Å². The third kappa shape index (κ3) is 2.33. The van der Waals surface area contributed by atoms with Crippen LogP contribution in [0, 0.1) is 5.82 Å². The maximum absolute atomic E-state index is 13.5. The van der Waals surface area contributed by atoms with E-state index >= 15 is 0 Å². The molecule has 0 N–H and O–H groups in total. The molecule has 18 heavy (non-hydrogen) atoms. The summed E-state index contributed by atoms with van der Waals surface area (Å²) in [5.74, 6) is -0.806. The van der Waals surface area contributed by atoms with Gasteiger partial charge in [-0.3, -0.25) is 0 Å². The molecule has 0 amide bonds. The van der Waals surface area contributed by atoms with Crippen molar-refractivity contribution in [3.63, 3.8) is 0 Å². The zero-order chi connectivity index (χ0) is 13.1. The number of hydrogen-bond acceptors (Lipinski definition) is 5. The van der Waals surface area contributed by atoms with Crippen LogP contribution in [0.1, 0.15) is 10.5 Å². The highest BCUT2D eigenvalue weighted by molar-refractivity contribution is 7.13. The molecule has 1 heterocycles. The molecule has 0 aliphatic heterocycles. The van der Waals surface area contributed by atoms with Crippen LogP contribution in [0.4, 0.5) is 4.39 Å². The Balaban J connectivity index is 2.34. The van der Waals surface area contributed by atoms with Crippen molar-refractivity contribution in [1.29, 1.82) is 0 Å². The minimum Gasteiger partial charge on any atom is -0.494 e. The van der Waals surface area contributed by atoms with Crippen LogP contribution in [-0.4, -0.2) is 25.2 Å². The number of benzene rings is 1. The normalized spacial score (nSPS) is 10.2. The Hall–Kier alpha value is -1.95. The minimum absolute atomic E-state index is 0.170. The molecule has 0 saturated heterocycles. The number of esters is 1. The van der Waals surface area contributed by atoms with Crippen LogP contribution < -0.4 is 4.74 Å². The van der Waals surface area contributed by atoms with E-state index in [0.29, 0.717) is 10.6 Å². The molecule has 1 aromatic carbocycles. The fraction of sp³-hybridized carbons (Fsp3) is 0.167. The maximum Gasteiger partial charge on any atom is 0.357 e. The molecule has 0 bridgehead atoms. The molecular formula is C12H10FNO3S. The number of halogens is 1. The van der Waals surface area contributed by atoms with Gasteiger partial charge in [0.1, 0.15) is 5.01 Å². The van der Waals surface area contributed by atoms with E-state index in [2.05, 4.69) is 9.72 Å². The van der Waals surface area contributed by atoms with E-state index < -0.39 is 11.8 Å². The average Bonchev–Trinajstić information content (AvgIpc) is 2.87. The highest BCUT2D eigenvalue weighted by atomic mass is 32.1. The molecule has 0 aliphatic rings. The molecule has 2 aromatic rings. The predicted molar refractivity (Wildman–Crippen MR) is 65.4 cm³/mol. The van der Waals surface area contributed by atoms with Crippen molar-refractivity contribution in [2.24, 2.45) is 0 Å². The van der Waals surface area contributed by atoms with Crippen LogP contribution in [0.2, 0.25) is 0 Å². The third-order valence-corrected chi connectivity index (χ3v) is 3.19. The summed E-state index contributed by atoms with van der Waals surface area (Å²) in [6.45, 7) is 0. The SMILES string of the molecule is COC(=O)c1csc(-c2ccc(OC)c(F)c2)n1. The predicted octanol–water partition coefficient (Wildman–Crippen LogP) is 2.74. The van der Waals surface area contributed by atoms with Crippen molar-refractivity contribution in [3.8, 4) is 16.3 Å². The Kier molecular flexibility index (Phi) is 3.57. The molecule has 0 fully saturated rings. The second kappa shape index (κ2) is 5.14. The first-order valence-electron chi connectivity index (χ1n) is 5.03. The molecular weight excluding hydrogens is 257 g/mol. The quantitative estimate of drug-likeness (QED) is 0.802. The first kappa shape index (κ1) is 12.5. The van der Waals surface area contributed by atoms with Crippen LogP contribution in [0.25, 0.3) is 10.6 Å². The Morgan fingerprint density at radius 1 is 1.39 bits per heavy atom. The van der Waals surface area contributed by atoms with Gasteiger partial charge in [-0.1, -0.05) is 0 Å². The lowest BCUT2D eigenvalue weighted by Crippen LogP contribution is -2.00. The largest absolute Gasteiger partial charge is 0.494 e. The second-order valence-corrected chi connectivity index (χ2v) is 4.24. The van der Waals surface area contributed by atoms with Gasteiger partial charge in [-0.2, -0.15) is 0 Å². The highest BCUT2D eigenvalue weighted by Crippen LogP contribution is 2.28. The maximum atomic E-state index is 13.5. The van der Waals surface area contributed by atoms with Crippen molar-refractivity contribution < 1.29 is 18.7 Å². The minimum atomic E-state index is -0.508. The lowest BCUT2D eigenvalue weighted by atomic mass is 10.2. The average molecular weight is 267 g/mol. The standard InChI is InChI=1S/C12H10FNO3S/c1-16-10-4-3-7(5-8(10)13)11-14-9(6-18-11)12(15)17-2/h3-6H,1-2H3. The van der Waals surface area contributed by atoms with Crippen LogP contribution in [-0.2, 0) is 4.74 Å². The van der Waals surface area contributed by atoms with Gasteiger partial charge in [-0.15, -0.1) is 11.3 Å². The zero-order valence-electron chi connectivity index (χ0n) is 9.77. The summed E-state index contributed by atoms with van der Waals surface area (Å²) in [5.41, 5.74) is 0.808. The van der Waals surface area contributed by atoms with Gasteiger partial charge in [-0.25, -0.2) is 14.2 Å². The first-order chi connectivity index (χ1) is 8.65. The Morgan fingerprint density at radius 3 is 2.78 bits per heavy atom. The number of nitrogens with zero attached hydrogens (tertiary/aromatic N) is 1. The Morgan fingerprint density at radius 2 is 2.17 bits per heavy atom. The number of thiazole rings is 1. The van der Waals surface area contributed by atoms with Crippen LogP contribution in [0.3, 0.4) is 0 Å². The molecule has 6 heteroatoms. The number of rotatable bonds is 3. The molecule has 0 aliphatic carbocycles. The second-order valence-electron chi connectivity index (χ2n) is 3.38. The van der Waals surface area contributed by atoms with Gasteiger partial charge >= 0.3 is 5.97 Å². The summed E-state index contributed by atoms with van der Waals surface area (Å²) >= 11 is 1.25. The number of aromatic nitrogens is 1. The van der Waals surface area contributed by atoms with E-state index in [1.807, 2.05) is 0 Å². The summed E-state index contributed by atoms with van der Waals surface area (Å²) in [7, 11) is 2.69. The topological polar surface area (TPSA) is 48.4 Å². The number of hydrogen-bond donors (Lipinski definition) is 0. The van der Waals surface area contributed by atoms with Crippen molar-refractivity contribution in [2.75, 3.05) is 14.2 Å². The Labute approximate surface area is 107 Å². The van der Waals surface area contributed by atoms with Crippen LogP contribution >= 0.6 is 11.3 Å². The summed E-state index contributed by atoms with van der Waals surface area (Å²) in [6, 6.07) is 4.52. The number of carbonyl (C=O) groups is 1. The summed E-state index contributed by atoms with van der Waals surface area (Å²) in [5, 5.41) is 2.13. The van der Waals surface area contributed by atoms with Gasteiger partial charge in [0.15, 0.2) is 17.3 Å². The van der Waals surface area contributed by atoms with Crippen molar-refractivity contribution in [3.05, 3.63) is 35.1 Å². The molecule has 4 nitrogen and oxygen atoms in total. The fourth-order valence-corrected chi connectivity index (χ4v) is 2.19. The van der Waals surface area contributed by atoms with Gasteiger partial charge in [0.05, 0.1) is 14.2 Å². The van der Waals surface area contributed by atoms with Gasteiger partial charge in [-0.05, 0) is 18.2 Å². The molecule has 0 radical (unpaired) electrons. The van der Waals surface area contributed by atoms with Gasteiger partial charge < -0.3 is 9.47 Å². The van der Waals surface area contributed by atoms with E-state index in [4.69, 9.17) is 4.74 Å². The monoisotopic (exact) mass is 267 g/mol. The number of methoxy groups -OCH3 is 2. The summed E-state index contributed by atoms with van der Waals surface area (Å²) < 4.78 is 22.9. The van der Waals surface area contributed by atoms with Crippen molar-refractivity contribution in [1.82, 2.24) is 4.98 Å². The van der Waals surface area contributed by atoms with E-state index in [1.54, 1.807) is 11.4 Å². The zero-order valence-corrected chi connectivity index (χ0v) is 10.6. The number of ether oxygens (including phenoxy) is 2. The fourth-order valence-electron chi connectivity index (χ4n) is 1.40. The summed E-state index contributed by atoms with van der Waals surface area (Å²) in [4.78, 5) is 15.3. The third-order valence-electron chi connectivity index (χ3n) is 2.30. The van der Waals surface area contributed by atoms with E-state index in [-0.39, 0.29) is 11.4 Å². The first-order valence-corrected chi connectivity index (χ1v) is 5.91. The lowest BCUT2D eigenvalue weighted by Gasteiger charge is -2.02. The molecule has 1 aromatic heterocycles. The van der Waals surface area contributed by atoms with Gasteiger partial charge in [0.2, 0.25) is 0 Å².